The molecule has 354 valence electrons. The lowest BCUT2D eigenvalue weighted by Gasteiger charge is -2.46. The zero-order valence-corrected chi connectivity index (χ0v) is 44.6. The first-order chi connectivity index (χ1) is 33.7. The molecule has 0 aliphatic carbocycles. The monoisotopic (exact) mass is 943 g/mol. The van der Waals surface area contributed by atoms with Gasteiger partial charge in [0.05, 0.1) is 5.41 Å². The van der Waals surface area contributed by atoms with E-state index < -0.39 is 5.41 Å². The van der Waals surface area contributed by atoms with Gasteiger partial charge in [0.2, 0.25) is 0 Å². The van der Waals surface area contributed by atoms with Gasteiger partial charge >= 0.3 is 0 Å². The van der Waals surface area contributed by atoms with Crippen molar-refractivity contribution in [2.24, 2.45) is 0 Å². The molecule has 0 N–H and O–H groups in total. The van der Waals surface area contributed by atoms with Gasteiger partial charge in [0, 0.05) is 38.8 Å². The zero-order valence-electron chi connectivity index (χ0n) is 43.8. The van der Waals surface area contributed by atoms with Crippen molar-refractivity contribution in [1.29, 1.82) is 0 Å². The standard InChI is InChI=1S/C67H67BN2S/c1-63(2,3)44-28-33-51(34-29-44)69-57-37-32-49(65(7,8)9)38-55(57)68-56-41-53-54(66(10,11)12)43-71-61(53)42-58(56)70(52-35-30-45(31-36-52)64(4,5)6)60-40-50(39-59(69)62(60)68)67(46-22-16-13-17-23-46,47-24-18-14-19-25-47)48-26-20-15-21-27-48/h13-43H,1-12H3. The third kappa shape index (κ3) is 7.76. The van der Waals surface area contributed by atoms with E-state index in [2.05, 4.69) is 280 Å². The number of hydrogen-bond acceptors (Lipinski definition) is 3. The van der Waals surface area contributed by atoms with Gasteiger partial charge in [-0.05, 0) is 142 Å². The predicted octanol–water partition coefficient (Wildman–Crippen LogP) is 16.6. The molecule has 0 radical (unpaired) electrons. The van der Waals surface area contributed by atoms with Crippen LogP contribution in [0.3, 0.4) is 0 Å². The molecule has 0 saturated carbocycles. The van der Waals surface area contributed by atoms with Crippen LogP contribution in [-0.2, 0) is 27.1 Å². The highest BCUT2D eigenvalue weighted by atomic mass is 32.1. The number of nitrogens with zero attached hydrogens (tertiary/aromatic N) is 2. The summed E-state index contributed by atoms with van der Waals surface area (Å²) in [5, 5.41) is 3.77. The van der Waals surface area contributed by atoms with Gasteiger partial charge in [-0.25, -0.2) is 0 Å². The molecule has 0 saturated heterocycles. The molecule has 9 aromatic rings. The van der Waals surface area contributed by atoms with E-state index in [0.717, 1.165) is 11.4 Å². The quantitative estimate of drug-likeness (QED) is 0.121. The molecule has 0 atom stereocenters. The second kappa shape index (κ2) is 16.7. The molecule has 2 aliphatic heterocycles. The van der Waals surface area contributed by atoms with Crippen molar-refractivity contribution in [3.05, 3.63) is 232 Å². The molecular weight excluding hydrogens is 876 g/mol. The SMILES string of the molecule is CC(C)(C)c1ccc(N2c3ccc(C(C)(C)C)cc3B3c4cc5c(C(C)(C)C)csc5cc4N(c4ccc(C(C)(C)C)cc4)c4cc(C(c5ccccc5)(c5ccccc5)c5ccccc5)cc2c43)cc1. The Labute approximate surface area is 428 Å². The molecule has 4 heteroatoms. The van der Waals surface area contributed by atoms with Crippen molar-refractivity contribution >= 4 is 78.6 Å². The Hall–Kier alpha value is -6.62. The number of hydrogen-bond donors (Lipinski definition) is 0. The average Bonchev–Trinajstić information content (AvgIpc) is 3.78. The Kier molecular flexibility index (Phi) is 11.0. The van der Waals surface area contributed by atoms with Crippen LogP contribution in [0, 0.1) is 0 Å². The van der Waals surface area contributed by atoms with Crippen LogP contribution in [0.25, 0.3) is 10.1 Å². The van der Waals surface area contributed by atoms with Crippen molar-refractivity contribution in [3.8, 4) is 0 Å². The summed E-state index contributed by atoms with van der Waals surface area (Å²) >= 11 is 1.88. The zero-order chi connectivity index (χ0) is 49.8. The summed E-state index contributed by atoms with van der Waals surface area (Å²) in [7, 11) is 0. The molecule has 8 aromatic carbocycles. The molecule has 0 unspecified atom stereocenters. The third-order valence-corrected chi connectivity index (χ3v) is 16.4. The van der Waals surface area contributed by atoms with Gasteiger partial charge in [0.1, 0.15) is 0 Å². The highest BCUT2D eigenvalue weighted by molar-refractivity contribution is 7.17. The maximum absolute atomic E-state index is 2.63. The van der Waals surface area contributed by atoms with E-state index in [-0.39, 0.29) is 28.4 Å². The summed E-state index contributed by atoms with van der Waals surface area (Å²) in [6, 6.07) is 70.2. The third-order valence-electron chi connectivity index (χ3n) is 15.5. The lowest BCUT2D eigenvalue weighted by atomic mass is 9.33. The minimum absolute atomic E-state index is 0.00711. The molecule has 71 heavy (non-hydrogen) atoms. The molecule has 2 nitrogen and oxygen atoms in total. The molecule has 3 heterocycles. The van der Waals surface area contributed by atoms with Crippen LogP contribution in [0.5, 0.6) is 0 Å². The van der Waals surface area contributed by atoms with Crippen molar-refractivity contribution in [2.45, 2.75) is 110 Å². The van der Waals surface area contributed by atoms with Gasteiger partial charge in [-0.1, -0.05) is 217 Å². The van der Waals surface area contributed by atoms with E-state index in [1.807, 2.05) is 11.3 Å². The maximum Gasteiger partial charge on any atom is 0.252 e. The fourth-order valence-corrected chi connectivity index (χ4v) is 12.8. The molecule has 1 aromatic heterocycles. The van der Waals surface area contributed by atoms with Gasteiger partial charge < -0.3 is 9.80 Å². The first-order valence-electron chi connectivity index (χ1n) is 25.6. The summed E-state index contributed by atoms with van der Waals surface area (Å²) < 4.78 is 1.32. The van der Waals surface area contributed by atoms with Crippen LogP contribution < -0.4 is 26.2 Å². The number of fused-ring (bicyclic) bond motifs is 5. The average molecular weight is 943 g/mol. The van der Waals surface area contributed by atoms with Crippen molar-refractivity contribution < 1.29 is 0 Å². The lowest BCUT2D eigenvalue weighted by molar-refractivity contribution is 0.590. The number of anilines is 6. The van der Waals surface area contributed by atoms with Crippen molar-refractivity contribution in [2.75, 3.05) is 9.80 Å². The second-order valence-corrected chi connectivity index (χ2v) is 25.2. The molecule has 0 fully saturated rings. The van der Waals surface area contributed by atoms with Gasteiger partial charge in [0.15, 0.2) is 0 Å². The highest BCUT2D eigenvalue weighted by Crippen LogP contribution is 2.52. The Morgan fingerprint density at radius 1 is 0.352 bits per heavy atom. The van der Waals surface area contributed by atoms with Crippen LogP contribution >= 0.6 is 11.3 Å². The van der Waals surface area contributed by atoms with Gasteiger partial charge in [-0.3, -0.25) is 0 Å². The summed E-state index contributed by atoms with van der Waals surface area (Å²) in [5.41, 5.74) is 20.7. The fourth-order valence-electron chi connectivity index (χ4n) is 11.6. The van der Waals surface area contributed by atoms with E-state index in [1.54, 1.807) is 0 Å². The summed E-state index contributed by atoms with van der Waals surface area (Å²) in [5.74, 6) is 0. The molecule has 0 bridgehead atoms. The normalized spacial score (nSPS) is 13.8. The van der Waals surface area contributed by atoms with E-state index in [1.165, 1.54) is 93.7 Å². The topological polar surface area (TPSA) is 6.48 Å². The highest BCUT2D eigenvalue weighted by Gasteiger charge is 2.47. The molecule has 2 aliphatic rings. The number of benzene rings is 8. The summed E-state index contributed by atoms with van der Waals surface area (Å²) in [6.45, 7) is 27.9. The predicted molar refractivity (Wildman–Crippen MR) is 309 cm³/mol. The smallest absolute Gasteiger partial charge is 0.252 e. The van der Waals surface area contributed by atoms with Gasteiger partial charge in [-0.2, -0.15) is 0 Å². The lowest BCUT2D eigenvalue weighted by Crippen LogP contribution is -2.61. The van der Waals surface area contributed by atoms with Crippen LogP contribution in [0.2, 0.25) is 0 Å². The summed E-state index contributed by atoms with van der Waals surface area (Å²) in [6.07, 6.45) is 0. The van der Waals surface area contributed by atoms with E-state index in [0.29, 0.717) is 0 Å². The molecule has 0 spiro atoms. The Balaban J connectivity index is 1.34. The van der Waals surface area contributed by atoms with Crippen molar-refractivity contribution in [3.63, 3.8) is 0 Å². The second-order valence-electron chi connectivity index (χ2n) is 24.3. The summed E-state index contributed by atoms with van der Waals surface area (Å²) in [4.78, 5) is 5.23. The number of thiophene rings is 1. The van der Waals surface area contributed by atoms with E-state index in [4.69, 9.17) is 0 Å². The van der Waals surface area contributed by atoms with Crippen LogP contribution in [0.1, 0.15) is 128 Å². The maximum atomic E-state index is 2.63. The van der Waals surface area contributed by atoms with Gasteiger partial charge in [0.25, 0.3) is 6.71 Å². The first kappa shape index (κ1) is 46.8. The van der Waals surface area contributed by atoms with Crippen LogP contribution in [0.15, 0.2) is 187 Å². The Morgan fingerprint density at radius 2 is 0.775 bits per heavy atom. The Bertz CT molecular complexity index is 3340. The van der Waals surface area contributed by atoms with Gasteiger partial charge in [-0.15, -0.1) is 11.3 Å². The van der Waals surface area contributed by atoms with Crippen LogP contribution in [-0.4, -0.2) is 6.71 Å². The van der Waals surface area contributed by atoms with E-state index >= 15 is 0 Å². The van der Waals surface area contributed by atoms with Crippen molar-refractivity contribution in [1.82, 2.24) is 0 Å². The van der Waals surface area contributed by atoms with Crippen LogP contribution in [0.4, 0.5) is 34.1 Å². The Morgan fingerprint density at radius 3 is 1.21 bits per heavy atom. The van der Waals surface area contributed by atoms with E-state index in [9.17, 15) is 0 Å². The minimum atomic E-state index is -0.690. The molecule has 11 rings (SSSR count). The first-order valence-corrected chi connectivity index (χ1v) is 26.5. The number of rotatable bonds is 6. The largest absolute Gasteiger partial charge is 0.311 e. The molecular formula is C67H67BN2S. The molecule has 0 amide bonds. The minimum Gasteiger partial charge on any atom is -0.311 e. The fraction of sp³-hybridized carbons (Fsp3) is 0.254.